The van der Waals surface area contributed by atoms with E-state index in [4.69, 9.17) is 16.7 Å². The maximum Gasteiger partial charge on any atom is 0.335 e. The fourth-order valence-electron chi connectivity index (χ4n) is 1.67. The molecule has 0 heterocycles. The van der Waals surface area contributed by atoms with Crippen LogP contribution < -0.4 is 0 Å². The van der Waals surface area contributed by atoms with Gasteiger partial charge >= 0.3 is 5.97 Å². The average molecular weight is 311 g/mol. The molecule has 0 unspecified atom stereocenters. The number of thioether (sulfide) groups is 1. The topological polar surface area (TPSA) is 37.3 Å². The molecule has 0 radical (unpaired) electrons. The van der Waals surface area contributed by atoms with Crippen LogP contribution >= 0.6 is 23.4 Å². The number of aromatic carboxylic acids is 1. The van der Waals surface area contributed by atoms with Crippen molar-refractivity contribution in [2.75, 3.05) is 0 Å². The van der Waals surface area contributed by atoms with Crippen LogP contribution in [0.4, 0.5) is 4.39 Å². The zero-order valence-electron chi connectivity index (χ0n) is 10.7. The van der Waals surface area contributed by atoms with Gasteiger partial charge in [0.05, 0.1) is 5.56 Å². The molecule has 0 aromatic heterocycles. The maximum absolute atomic E-state index is 13.7. The Kier molecular flexibility index (Phi) is 4.68. The van der Waals surface area contributed by atoms with E-state index in [1.165, 1.54) is 30.0 Å². The third kappa shape index (κ3) is 3.52. The lowest BCUT2D eigenvalue weighted by atomic mass is 10.2. The van der Waals surface area contributed by atoms with E-state index in [1.54, 1.807) is 0 Å². The highest BCUT2D eigenvalue weighted by atomic mass is 35.5. The highest BCUT2D eigenvalue weighted by molar-refractivity contribution is 7.98. The van der Waals surface area contributed by atoms with Crippen molar-refractivity contribution in [3.8, 4) is 0 Å². The number of rotatable bonds is 4. The minimum atomic E-state index is -1.07. The molecule has 2 aromatic rings. The van der Waals surface area contributed by atoms with Gasteiger partial charge in [0.1, 0.15) is 5.82 Å². The van der Waals surface area contributed by atoms with Crippen LogP contribution in [0.15, 0.2) is 41.3 Å². The number of benzene rings is 2. The molecule has 0 bridgehead atoms. The molecule has 0 saturated carbocycles. The van der Waals surface area contributed by atoms with Gasteiger partial charge in [-0.2, -0.15) is 0 Å². The summed E-state index contributed by atoms with van der Waals surface area (Å²) in [7, 11) is 0. The van der Waals surface area contributed by atoms with Crippen molar-refractivity contribution in [1.29, 1.82) is 0 Å². The van der Waals surface area contributed by atoms with Gasteiger partial charge in [0.15, 0.2) is 0 Å². The van der Waals surface area contributed by atoms with E-state index in [2.05, 4.69) is 0 Å². The van der Waals surface area contributed by atoms with Crippen LogP contribution in [-0.4, -0.2) is 11.1 Å². The summed E-state index contributed by atoms with van der Waals surface area (Å²) in [4.78, 5) is 11.2. The normalized spacial score (nSPS) is 10.6. The summed E-state index contributed by atoms with van der Waals surface area (Å²) >= 11 is 7.35. The summed E-state index contributed by atoms with van der Waals surface area (Å²) in [5, 5.41) is 9.54. The molecule has 0 amide bonds. The van der Waals surface area contributed by atoms with Crippen molar-refractivity contribution < 1.29 is 14.3 Å². The number of aryl methyl sites for hydroxylation is 1. The molecule has 0 spiro atoms. The van der Waals surface area contributed by atoms with Crippen molar-refractivity contribution in [2.45, 2.75) is 17.6 Å². The van der Waals surface area contributed by atoms with E-state index in [0.29, 0.717) is 15.7 Å². The fraction of sp³-hybridized carbons (Fsp3) is 0.133. The minimum absolute atomic E-state index is 0.0731. The molecule has 0 aliphatic carbocycles. The third-order valence-electron chi connectivity index (χ3n) is 2.77. The predicted octanol–water partition coefficient (Wildman–Crippen LogP) is 4.78. The Hall–Kier alpha value is -1.52. The van der Waals surface area contributed by atoms with Crippen LogP contribution in [0.2, 0.25) is 5.02 Å². The first kappa shape index (κ1) is 14.9. The number of halogens is 2. The molecular weight excluding hydrogens is 299 g/mol. The molecule has 0 aliphatic heterocycles. The van der Waals surface area contributed by atoms with Gasteiger partial charge in [-0.1, -0.05) is 23.7 Å². The van der Waals surface area contributed by atoms with Crippen LogP contribution in [0.5, 0.6) is 0 Å². The van der Waals surface area contributed by atoms with Crippen LogP contribution in [0, 0.1) is 12.7 Å². The van der Waals surface area contributed by atoms with E-state index >= 15 is 0 Å². The monoisotopic (exact) mass is 310 g/mol. The Bertz CT molecular complexity index is 658. The van der Waals surface area contributed by atoms with Gasteiger partial charge < -0.3 is 5.11 Å². The summed E-state index contributed by atoms with van der Waals surface area (Å²) in [6.45, 7) is 1.94. The average Bonchev–Trinajstić information content (AvgIpc) is 2.39. The molecule has 1 N–H and O–H groups in total. The number of hydrogen-bond acceptors (Lipinski definition) is 2. The largest absolute Gasteiger partial charge is 0.478 e. The lowest BCUT2D eigenvalue weighted by molar-refractivity contribution is 0.0696. The van der Waals surface area contributed by atoms with Crippen LogP contribution in [0.1, 0.15) is 21.5 Å². The predicted molar refractivity (Wildman–Crippen MR) is 79.1 cm³/mol. The van der Waals surface area contributed by atoms with E-state index in [-0.39, 0.29) is 5.56 Å². The SMILES string of the molecule is Cc1ccc(CSc2cc(C(=O)O)ccc2F)c(Cl)c1. The number of carboxylic acids is 1. The van der Waals surface area contributed by atoms with Crippen LogP contribution in [0.25, 0.3) is 0 Å². The molecule has 5 heteroatoms. The van der Waals surface area contributed by atoms with Gasteiger partial charge in [0, 0.05) is 15.7 Å². The smallest absolute Gasteiger partial charge is 0.335 e. The molecule has 2 rings (SSSR count). The second-order valence-corrected chi connectivity index (χ2v) is 5.76. The van der Waals surface area contributed by atoms with Gasteiger partial charge in [0.25, 0.3) is 0 Å². The first-order valence-electron chi connectivity index (χ1n) is 5.88. The van der Waals surface area contributed by atoms with Crippen molar-refractivity contribution in [3.05, 3.63) is 63.9 Å². The molecule has 20 heavy (non-hydrogen) atoms. The first-order chi connectivity index (χ1) is 9.47. The first-order valence-corrected chi connectivity index (χ1v) is 7.24. The molecular formula is C15H12ClFO2S. The molecule has 2 aromatic carbocycles. The summed E-state index contributed by atoms with van der Waals surface area (Å²) in [6, 6.07) is 9.43. The van der Waals surface area contributed by atoms with Crippen molar-refractivity contribution in [3.63, 3.8) is 0 Å². The van der Waals surface area contributed by atoms with Crippen molar-refractivity contribution in [1.82, 2.24) is 0 Å². The summed E-state index contributed by atoms with van der Waals surface area (Å²) in [5.74, 6) is -1.01. The Morgan fingerprint density at radius 3 is 2.70 bits per heavy atom. The molecule has 104 valence electrons. The Morgan fingerprint density at radius 1 is 1.30 bits per heavy atom. The van der Waals surface area contributed by atoms with Gasteiger partial charge in [-0.3, -0.25) is 0 Å². The number of carboxylic acid groups (broad SMARTS) is 1. The van der Waals surface area contributed by atoms with Crippen molar-refractivity contribution in [2.24, 2.45) is 0 Å². The zero-order chi connectivity index (χ0) is 14.7. The lowest BCUT2D eigenvalue weighted by Gasteiger charge is -2.07. The van der Waals surface area contributed by atoms with E-state index < -0.39 is 11.8 Å². The molecule has 0 aliphatic rings. The summed E-state index contributed by atoms with van der Waals surface area (Å²) in [6.07, 6.45) is 0. The third-order valence-corrected chi connectivity index (χ3v) is 4.20. The van der Waals surface area contributed by atoms with Crippen molar-refractivity contribution >= 4 is 29.3 Å². The van der Waals surface area contributed by atoms with E-state index in [1.807, 2.05) is 25.1 Å². The Labute approximate surface area is 125 Å². The quantitative estimate of drug-likeness (QED) is 0.826. The van der Waals surface area contributed by atoms with Crippen LogP contribution in [-0.2, 0) is 5.75 Å². The van der Waals surface area contributed by atoms with Gasteiger partial charge in [-0.25, -0.2) is 9.18 Å². The molecule has 0 saturated heterocycles. The lowest BCUT2D eigenvalue weighted by Crippen LogP contribution is -1.97. The number of carbonyl (C=O) groups is 1. The van der Waals surface area contributed by atoms with Crippen LogP contribution in [0.3, 0.4) is 0 Å². The molecule has 2 nitrogen and oxygen atoms in total. The highest BCUT2D eigenvalue weighted by Crippen LogP contribution is 2.29. The standard InChI is InChI=1S/C15H12ClFO2S/c1-9-2-3-11(12(16)6-9)8-20-14-7-10(15(18)19)4-5-13(14)17/h2-7H,8H2,1H3,(H,18,19). The minimum Gasteiger partial charge on any atom is -0.478 e. The van der Waals surface area contributed by atoms with E-state index in [9.17, 15) is 9.18 Å². The second-order valence-electron chi connectivity index (χ2n) is 4.33. The zero-order valence-corrected chi connectivity index (χ0v) is 12.3. The van der Waals surface area contributed by atoms with E-state index in [0.717, 1.165) is 11.1 Å². The summed E-state index contributed by atoms with van der Waals surface area (Å²) in [5.41, 5.74) is 2.02. The van der Waals surface area contributed by atoms with Gasteiger partial charge in [-0.05, 0) is 42.3 Å². The summed E-state index contributed by atoms with van der Waals surface area (Å²) < 4.78 is 13.7. The number of hydrogen-bond donors (Lipinski definition) is 1. The molecule has 0 fully saturated rings. The molecule has 0 atom stereocenters. The Morgan fingerprint density at radius 2 is 2.05 bits per heavy atom. The fourth-order valence-corrected chi connectivity index (χ4v) is 3.03. The Balaban J connectivity index is 2.18. The van der Waals surface area contributed by atoms with Gasteiger partial charge in [0.2, 0.25) is 0 Å². The maximum atomic E-state index is 13.7. The second kappa shape index (κ2) is 6.29. The van der Waals surface area contributed by atoms with Gasteiger partial charge in [-0.15, -0.1) is 11.8 Å². The highest BCUT2D eigenvalue weighted by Gasteiger charge is 2.10.